The van der Waals surface area contributed by atoms with Crippen LogP contribution in [0, 0.1) is 13.8 Å². The third kappa shape index (κ3) is 5.84. The molecule has 0 aliphatic carbocycles. The summed E-state index contributed by atoms with van der Waals surface area (Å²) in [4.78, 5) is 14.5. The summed E-state index contributed by atoms with van der Waals surface area (Å²) in [6.45, 7) is 11.1. The highest BCUT2D eigenvalue weighted by Gasteiger charge is 2.13. The molecular weight excluding hydrogens is 290 g/mol. The molecular formula is C18H29N3O2. The van der Waals surface area contributed by atoms with Gasteiger partial charge in [-0.1, -0.05) is 18.2 Å². The first-order valence-corrected chi connectivity index (χ1v) is 8.46. The van der Waals surface area contributed by atoms with Gasteiger partial charge in [-0.3, -0.25) is 9.69 Å². The summed E-state index contributed by atoms with van der Waals surface area (Å²) in [6.07, 6.45) is 0.967. The third-order valence-corrected chi connectivity index (χ3v) is 4.30. The van der Waals surface area contributed by atoms with Crippen LogP contribution in [0.4, 0.5) is 5.69 Å². The quantitative estimate of drug-likeness (QED) is 0.806. The molecule has 1 heterocycles. The zero-order valence-electron chi connectivity index (χ0n) is 14.5. The van der Waals surface area contributed by atoms with Crippen LogP contribution in [0.2, 0.25) is 0 Å². The number of hydrogen-bond acceptors (Lipinski definition) is 4. The molecule has 2 N–H and O–H groups in total. The van der Waals surface area contributed by atoms with Crippen LogP contribution >= 0.6 is 0 Å². The standard InChI is InChI=1S/C18H29N3O2/c1-14-5-4-6-15(2)18(14)19-13-17(22)20-16(3)7-8-21-9-11-23-12-10-21/h4-6,16,19H,7-13H2,1-3H3,(H,20,22)/t16-/m0/s1. The molecule has 0 spiro atoms. The Morgan fingerprint density at radius 2 is 1.91 bits per heavy atom. The van der Waals surface area contributed by atoms with Crippen LogP contribution in [0.5, 0.6) is 0 Å². The Bertz CT molecular complexity index is 493. The number of hydrogen-bond donors (Lipinski definition) is 2. The maximum absolute atomic E-state index is 12.1. The lowest BCUT2D eigenvalue weighted by Gasteiger charge is -2.27. The molecule has 1 saturated heterocycles. The Morgan fingerprint density at radius 1 is 1.26 bits per heavy atom. The van der Waals surface area contributed by atoms with Gasteiger partial charge in [0.15, 0.2) is 0 Å². The number of benzene rings is 1. The molecule has 2 rings (SSSR count). The fraction of sp³-hybridized carbons (Fsp3) is 0.611. The van der Waals surface area contributed by atoms with Crippen molar-refractivity contribution in [2.75, 3.05) is 44.7 Å². The second-order valence-corrected chi connectivity index (χ2v) is 6.33. The van der Waals surface area contributed by atoms with Gasteiger partial charge in [0.1, 0.15) is 0 Å². The van der Waals surface area contributed by atoms with Gasteiger partial charge in [0, 0.05) is 31.4 Å². The minimum absolute atomic E-state index is 0.0436. The molecule has 0 radical (unpaired) electrons. The number of ether oxygens (including phenoxy) is 1. The van der Waals surface area contributed by atoms with Gasteiger partial charge in [-0.15, -0.1) is 0 Å². The molecule has 5 nitrogen and oxygen atoms in total. The molecule has 1 aromatic rings. The number of nitrogens with zero attached hydrogens (tertiary/aromatic N) is 1. The lowest BCUT2D eigenvalue weighted by Crippen LogP contribution is -2.41. The Labute approximate surface area is 139 Å². The van der Waals surface area contributed by atoms with Gasteiger partial charge in [0.2, 0.25) is 5.91 Å². The summed E-state index contributed by atoms with van der Waals surface area (Å²) in [6, 6.07) is 6.32. The minimum Gasteiger partial charge on any atom is -0.379 e. The van der Waals surface area contributed by atoms with E-state index in [1.54, 1.807) is 0 Å². The molecule has 128 valence electrons. The van der Waals surface area contributed by atoms with Crippen LogP contribution in [-0.2, 0) is 9.53 Å². The van der Waals surface area contributed by atoms with Crippen molar-refractivity contribution in [2.24, 2.45) is 0 Å². The van der Waals surface area contributed by atoms with E-state index in [9.17, 15) is 4.79 Å². The number of carbonyl (C=O) groups is 1. The predicted octanol–water partition coefficient (Wildman–Crippen LogP) is 1.94. The van der Waals surface area contributed by atoms with Crippen LogP contribution in [0.15, 0.2) is 18.2 Å². The number of nitrogens with one attached hydrogen (secondary N) is 2. The van der Waals surface area contributed by atoms with Gasteiger partial charge in [-0.2, -0.15) is 0 Å². The zero-order chi connectivity index (χ0) is 16.7. The number of rotatable bonds is 7. The van der Waals surface area contributed by atoms with E-state index in [1.165, 1.54) is 0 Å². The van der Waals surface area contributed by atoms with Gasteiger partial charge >= 0.3 is 0 Å². The number of carbonyl (C=O) groups excluding carboxylic acids is 1. The van der Waals surface area contributed by atoms with Gasteiger partial charge in [0.25, 0.3) is 0 Å². The highest BCUT2D eigenvalue weighted by molar-refractivity contribution is 5.81. The Kier molecular flexibility index (Phi) is 6.86. The molecule has 0 saturated carbocycles. The summed E-state index contributed by atoms with van der Waals surface area (Å²) in [7, 11) is 0. The van der Waals surface area contributed by atoms with E-state index in [2.05, 4.69) is 48.4 Å². The van der Waals surface area contributed by atoms with Gasteiger partial charge in [-0.25, -0.2) is 0 Å². The maximum Gasteiger partial charge on any atom is 0.239 e. The summed E-state index contributed by atoms with van der Waals surface area (Å²) in [5.74, 6) is 0.0436. The summed E-state index contributed by atoms with van der Waals surface area (Å²) < 4.78 is 5.34. The van der Waals surface area contributed by atoms with Crippen LogP contribution in [0.25, 0.3) is 0 Å². The second-order valence-electron chi connectivity index (χ2n) is 6.33. The van der Waals surface area contributed by atoms with E-state index in [-0.39, 0.29) is 11.9 Å². The summed E-state index contributed by atoms with van der Waals surface area (Å²) >= 11 is 0. The van der Waals surface area contributed by atoms with E-state index in [4.69, 9.17) is 4.74 Å². The van der Waals surface area contributed by atoms with Crippen LogP contribution < -0.4 is 10.6 Å². The molecule has 5 heteroatoms. The van der Waals surface area contributed by atoms with Crippen molar-refractivity contribution in [3.63, 3.8) is 0 Å². The zero-order valence-corrected chi connectivity index (χ0v) is 14.5. The van der Waals surface area contributed by atoms with Crippen LogP contribution in [-0.4, -0.2) is 56.2 Å². The largest absolute Gasteiger partial charge is 0.379 e. The first-order valence-electron chi connectivity index (χ1n) is 8.46. The first kappa shape index (κ1) is 17.8. The van der Waals surface area contributed by atoms with Gasteiger partial charge < -0.3 is 15.4 Å². The van der Waals surface area contributed by atoms with Gasteiger partial charge in [0.05, 0.1) is 19.8 Å². The van der Waals surface area contributed by atoms with E-state index in [1.807, 2.05) is 6.07 Å². The van der Waals surface area contributed by atoms with Crippen LogP contribution in [0.3, 0.4) is 0 Å². The van der Waals surface area contributed by atoms with Crippen molar-refractivity contribution in [3.8, 4) is 0 Å². The van der Waals surface area contributed by atoms with Crippen molar-refractivity contribution in [2.45, 2.75) is 33.2 Å². The number of para-hydroxylation sites is 1. The summed E-state index contributed by atoms with van der Waals surface area (Å²) in [5, 5.41) is 6.32. The number of aryl methyl sites for hydroxylation is 2. The Morgan fingerprint density at radius 3 is 2.57 bits per heavy atom. The first-order chi connectivity index (χ1) is 11.1. The third-order valence-electron chi connectivity index (χ3n) is 4.30. The van der Waals surface area contributed by atoms with E-state index >= 15 is 0 Å². The topological polar surface area (TPSA) is 53.6 Å². The fourth-order valence-electron chi connectivity index (χ4n) is 2.86. The Balaban J connectivity index is 1.69. The molecule has 1 aliphatic rings. The van der Waals surface area contributed by atoms with Crippen molar-refractivity contribution in [3.05, 3.63) is 29.3 Å². The van der Waals surface area contributed by atoms with Gasteiger partial charge in [-0.05, 0) is 38.3 Å². The van der Waals surface area contributed by atoms with Crippen molar-refractivity contribution in [1.29, 1.82) is 0 Å². The summed E-state index contributed by atoms with van der Waals surface area (Å²) in [5.41, 5.74) is 3.39. The van der Waals surface area contributed by atoms with E-state index < -0.39 is 0 Å². The van der Waals surface area contributed by atoms with Crippen LogP contribution in [0.1, 0.15) is 24.5 Å². The minimum atomic E-state index is 0.0436. The molecule has 0 aromatic heterocycles. The van der Waals surface area contributed by atoms with Crippen molar-refractivity contribution < 1.29 is 9.53 Å². The number of morpholine rings is 1. The predicted molar refractivity (Wildman–Crippen MR) is 93.9 cm³/mol. The average molecular weight is 319 g/mol. The smallest absolute Gasteiger partial charge is 0.239 e. The highest BCUT2D eigenvalue weighted by Crippen LogP contribution is 2.18. The molecule has 1 aliphatic heterocycles. The number of anilines is 1. The normalized spacial score (nSPS) is 16.8. The lowest BCUT2D eigenvalue weighted by molar-refractivity contribution is -0.120. The van der Waals surface area contributed by atoms with Crippen molar-refractivity contribution in [1.82, 2.24) is 10.2 Å². The van der Waals surface area contributed by atoms with E-state index in [0.29, 0.717) is 6.54 Å². The second kappa shape index (κ2) is 8.89. The monoisotopic (exact) mass is 319 g/mol. The molecule has 1 atom stereocenters. The Hall–Kier alpha value is -1.59. The van der Waals surface area contributed by atoms with E-state index in [0.717, 1.165) is 56.1 Å². The molecule has 1 fully saturated rings. The molecule has 0 unspecified atom stereocenters. The molecule has 23 heavy (non-hydrogen) atoms. The molecule has 1 aromatic carbocycles. The average Bonchev–Trinajstić information content (AvgIpc) is 2.53. The molecule has 1 amide bonds. The highest BCUT2D eigenvalue weighted by atomic mass is 16.5. The molecule has 0 bridgehead atoms. The number of amides is 1. The maximum atomic E-state index is 12.1. The lowest BCUT2D eigenvalue weighted by atomic mass is 10.1. The van der Waals surface area contributed by atoms with Crippen molar-refractivity contribution >= 4 is 11.6 Å². The SMILES string of the molecule is Cc1cccc(C)c1NCC(=O)N[C@@H](C)CCN1CCOCC1. The fourth-order valence-corrected chi connectivity index (χ4v) is 2.86.